The van der Waals surface area contributed by atoms with Gasteiger partial charge in [0.25, 0.3) is 0 Å². The maximum Gasteiger partial charge on any atom is 0.306 e. The van der Waals surface area contributed by atoms with Crippen LogP contribution in [0.15, 0.2) is 36.7 Å². The molecular weight excluding hydrogens is 460 g/mol. The molecule has 1 aliphatic carbocycles. The normalized spacial score (nSPS) is 22.5. The Hall–Kier alpha value is -3.07. The molecule has 2 N–H and O–H groups in total. The first-order valence-electron chi connectivity index (χ1n) is 12.2. The summed E-state index contributed by atoms with van der Waals surface area (Å²) in [5.41, 5.74) is 0.932. The number of anilines is 3. The van der Waals surface area contributed by atoms with Crippen LogP contribution in [0.2, 0.25) is 0 Å². The molecule has 1 saturated heterocycles. The number of pyridine rings is 1. The van der Waals surface area contributed by atoms with Crippen molar-refractivity contribution in [3.8, 4) is 11.4 Å². The number of carbonyl (C=O) groups is 1. The molecule has 2 fully saturated rings. The molecule has 5 rings (SSSR count). The molecule has 0 bridgehead atoms. The molecule has 1 aliphatic heterocycles. The van der Waals surface area contributed by atoms with Crippen LogP contribution in [0.25, 0.3) is 11.4 Å². The summed E-state index contributed by atoms with van der Waals surface area (Å²) in [6, 6.07) is 7.90. The Kier molecular flexibility index (Phi) is 6.21. The summed E-state index contributed by atoms with van der Waals surface area (Å²) in [6.45, 7) is 8.22. The smallest absolute Gasteiger partial charge is 0.306 e. The van der Waals surface area contributed by atoms with Gasteiger partial charge in [-0.1, -0.05) is 27.2 Å². The van der Waals surface area contributed by atoms with Crippen LogP contribution in [-0.2, 0) is 10.2 Å². The van der Waals surface area contributed by atoms with Crippen molar-refractivity contribution in [2.24, 2.45) is 11.3 Å². The maximum atomic E-state index is 11.7. The Balaban J connectivity index is 1.44. The number of aromatic nitrogens is 4. The van der Waals surface area contributed by atoms with E-state index in [1.807, 2.05) is 18.2 Å². The van der Waals surface area contributed by atoms with Gasteiger partial charge in [0.2, 0.25) is 0 Å². The molecule has 4 heterocycles. The van der Waals surface area contributed by atoms with Gasteiger partial charge in [-0.2, -0.15) is 4.37 Å². The van der Waals surface area contributed by atoms with Crippen molar-refractivity contribution in [3.63, 3.8) is 0 Å². The van der Waals surface area contributed by atoms with Gasteiger partial charge in [-0.05, 0) is 66.2 Å². The molecule has 2 atom stereocenters. The standard InChI is InChI=1S/C26H32N6O2S/c1-25(2,3)19-12-21(31-35-19)28-20-13-22(30-23(29-20)18-7-5-10-27-15-18)32-11-9-26(16-32)8-4-6-17(14-26)24(33)34/h5,7,10,12-13,15,17H,4,6,8-9,11,14,16H2,1-3H3,(H,33,34)(H,28,29,30,31). The minimum absolute atomic E-state index is 0.0347. The maximum absolute atomic E-state index is 11.7. The van der Waals surface area contributed by atoms with Crippen molar-refractivity contribution in [3.05, 3.63) is 41.5 Å². The molecular formula is C26H32N6O2S. The highest BCUT2D eigenvalue weighted by Crippen LogP contribution is 2.47. The van der Waals surface area contributed by atoms with E-state index in [9.17, 15) is 9.90 Å². The molecule has 9 heteroatoms. The average molecular weight is 493 g/mol. The summed E-state index contributed by atoms with van der Waals surface area (Å²) in [4.78, 5) is 29.1. The number of carboxylic acids is 1. The number of nitrogens with one attached hydrogen (secondary N) is 1. The molecule has 1 spiro atoms. The number of aliphatic carboxylic acids is 1. The van der Waals surface area contributed by atoms with Gasteiger partial charge in [-0.15, -0.1) is 0 Å². The van der Waals surface area contributed by atoms with Gasteiger partial charge in [-0.3, -0.25) is 9.78 Å². The van der Waals surface area contributed by atoms with Crippen LogP contribution in [0, 0.1) is 11.3 Å². The molecule has 35 heavy (non-hydrogen) atoms. The van der Waals surface area contributed by atoms with Crippen LogP contribution in [-0.4, -0.2) is 43.5 Å². The lowest BCUT2D eigenvalue weighted by Gasteiger charge is -2.36. The zero-order valence-electron chi connectivity index (χ0n) is 20.5. The first-order valence-corrected chi connectivity index (χ1v) is 13.0. The van der Waals surface area contributed by atoms with E-state index in [4.69, 9.17) is 9.97 Å². The van der Waals surface area contributed by atoms with Gasteiger partial charge in [0.05, 0.1) is 5.92 Å². The van der Waals surface area contributed by atoms with Gasteiger partial charge in [-0.25, -0.2) is 9.97 Å². The fraction of sp³-hybridized carbons (Fsp3) is 0.500. The Labute approximate surface area is 210 Å². The van der Waals surface area contributed by atoms with E-state index < -0.39 is 5.97 Å². The highest BCUT2D eigenvalue weighted by Gasteiger charge is 2.44. The van der Waals surface area contributed by atoms with Crippen molar-refractivity contribution in [1.29, 1.82) is 0 Å². The summed E-state index contributed by atoms with van der Waals surface area (Å²) in [7, 11) is 0. The summed E-state index contributed by atoms with van der Waals surface area (Å²) < 4.78 is 4.59. The third-order valence-electron chi connectivity index (χ3n) is 7.19. The fourth-order valence-electron chi connectivity index (χ4n) is 5.27. The van der Waals surface area contributed by atoms with Crippen molar-refractivity contribution in [2.45, 2.75) is 58.3 Å². The van der Waals surface area contributed by atoms with E-state index in [2.05, 4.69) is 46.4 Å². The molecule has 0 amide bonds. The molecule has 184 valence electrons. The molecule has 2 aliphatic rings. The van der Waals surface area contributed by atoms with Crippen molar-refractivity contribution >= 4 is 35.0 Å². The zero-order valence-corrected chi connectivity index (χ0v) is 21.3. The number of hydrogen-bond acceptors (Lipinski definition) is 8. The Morgan fingerprint density at radius 1 is 1.23 bits per heavy atom. The fourth-order valence-corrected chi connectivity index (χ4v) is 6.00. The lowest BCUT2D eigenvalue weighted by Crippen LogP contribution is -2.35. The van der Waals surface area contributed by atoms with Crippen LogP contribution < -0.4 is 10.2 Å². The van der Waals surface area contributed by atoms with Gasteiger partial charge >= 0.3 is 5.97 Å². The first-order chi connectivity index (χ1) is 16.7. The molecule has 3 aromatic heterocycles. The molecule has 0 radical (unpaired) electrons. The van der Waals surface area contributed by atoms with E-state index in [0.29, 0.717) is 11.6 Å². The zero-order chi connectivity index (χ0) is 24.6. The molecule has 0 aromatic carbocycles. The first kappa shape index (κ1) is 23.7. The highest BCUT2D eigenvalue weighted by molar-refractivity contribution is 7.06. The molecule has 1 saturated carbocycles. The third-order valence-corrected chi connectivity index (χ3v) is 8.40. The largest absolute Gasteiger partial charge is 0.481 e. The molecule has 3 aromatic rings. The summed E-state index contributed by atoms with van der Waals surface area (Å²) in [6.07, 6.45) is 8.09. The van der Waals surface area contributed by atoms with Crippen molar-refractivity contribution in [2.75, 3.05) is 23.3 Å². The van der Waals surface area contributed by atoms with Crippen LogP contribution >= 0.6 is 11.5 Å². The molecule has 8 nitrogen and oxygen atoms in total. The van der Waals surface area contributed by atoms with Crippen molar-refractivity contribution in [1.82, 2.24) is 19.3 Å². The van der Waals surface area contributed by atoms with Gasteiger partial charge in [0.15, 0.2) is 5.82 Å². The Bertz CT molecular complexity index is 1210. The summed E-state index contributed by atoms with van der Waals surface area (Å²) in [5, 5.41) is 13.0. The van der Waals surface area contributed by atoms with Crippen LogP contribution in [0.3, 0.4) is 0 Å². The van der Waals surface area contributed by atoms with Crippen LogP contribution in [0.4, 0.5) is 17.5 Å². The average Bonchev–Trinajstić information content (AvgIpc) is 3.47. The monoisotopic (exact) mass is 492 g/mol. The topological polar surface area (TPSA) is 104 Å². The summed E-state index contributed by atoms with van der Waals surface area (Å²) in [5.74, 6) is 2.02. The lowest BCUT2D eigenvalue weighted by atomic mass is 9.69. The number of hydrogen-bond donors (Lipinski definition) is 2. The van der Waals surface area contributed by atoms with E-state index >= 15 is 0 Å². The second-order valence-corrected chi connectivity index (χ2v) is 11.7. The van der Waals surface area contributed by atoms with E-state index in [-0.39, 0.29) is 16.7 Å². The lowest BCUT2D eigenvalue weighted by molar-refractivity contribution is -0.144. The predicted molar refractivity (Wildman–Crippen MR) is 138 cm³/mol. The van der Waals surface area contributed by atoms with E-state index in [1.165, 1.54) is 16.4 Å². The van der Waals surface area contributed by atoms with E-state index in [1.54, 1.807) is 12.4 Å². The van der Waals surface area contributed by atoms with Crippen LogP contribution in [0.5, 0.6) is 0 Å². The number of carboxylic acid groups (broad SMARTS) is 1. The second kappa shape index (κ2) is 9.18. The number of nitrogens with zero attached hydrogens (tertiary/aromatic N) is 5. The SMILES string of the molecule is CC(C)(C)c1cc(Nc2cc(N3CCC4(CCCC(C(=O)O)C4)C3)nc(-c3cccnc3)n2)ns1. The Morgan fingerprint density at radius 2 is 2.09 bits per heavy atom. The van der Waals surface area contributed by atoms with Crippen molar-refractivity contribution < 1.29 is 9.90 Å². The Morgan fingerprint density at radius 3 is 2.80 bits per heavy atom. The molecule has 2 unspecified atom stereocenters. The number of rotatable bonds is 5. The van der Waals surface area contributed by atoms with Gasteiger partial charge < -0.3 is 15.3 Å². The highest BCUT2D eigenvalue weighted by atomic mass is 32.1. The minimum atomic E-state index is -0.659. The third kappa shape index (κ3) is 5.15. The quantitative estimate of drug-likeness (QED) is 0.481. The van der Waals surface area contributed by atoms with Crippen LogP contribution in [0.1, 0.15) is 57.8 Å². The van der Waals surface area contributed by atoms with E-state index in [0.717, 1.165) is 62.4 Å². The van der Waals surface area contributed by atoms with Gasteiger partial charge in [0.1, 0.15) is 17.5 Å². The summed E-state index contributed by atoms with van der Waals surface area (Å²) >= 11 is 1.50. The van der Waals surface area contributed by atoms with Gasteiger partial charge in [0, 0.05) is 42.0 Å². The second-order valence-electron chi connectivity index (χ2n) is 10.9. The minimum Gasteiger partial charge on any atom is -0.481 e. The predicted octanol–water partition coefficient (Wildman–Crippen LogP) is 5.51.